The van der Waals surface area contributed by atoms with Gasteiger partial charge in [-0.25, -0.2) is 0 Å². The van der Waals surface area contributed by atoms with Crippen LogP contribution in [0.1, 0.15) is 33.2 Å². The number of benzene rings is 2. The Balaban J connectivity index is 1.92. The van der Waals surface area contributed by atoms with Gasteiger partial charge in [0.15, 0.2) is 0 Å². The van der Waals surface area contributed by atoms with Gasteiger partial charge >= 0.3 is 0 Å². The van der Waals surface area contributed by atoms with Crippen molar-refractivity contribution in [3.05, 3.63) is 65.2 Å². The SMILES string of the molecule is CC(=O)NCc1ccc(C(=O)NNC(=O)c2cccc(N(C)C)c2)cc1. The Bertz CT molecular complexity index is 801. The van der Waals surface area contributed by atoms with Crippen LogP contribution in [0, 0.1) is 0 Å². The van der Waals surface area contributed by atoms with E-state index in [9.17, 15) is 14.4 Å². The average molecular weight is 354 g/mol. The van der Waals surface area contributed by atoms with Gasteiger partial charge in [-0.15, -0.1) is 0 Å². The molecule has 2 rings (SSSR count). The average Bonchev–Trinajstić information content (AvgIpc) is 2.64. The molecular formula is C19H22N4O3. The Hall–Kier alpha value is -3.35. The normalized spacial score (nSPS) is 9.96. The Morgan fingerprint density at radius 1 is 0.885 bits per heavy atom. The molecule has 0 saturated carbocycles. The topological polar surface area (TPSA) is 90.5 Å². The van der Waals surface area contributed by atoms with Crippen LogP contribution < -0.4 is 21.1 Å². The van der Waals surface area contributed by atoms with Crippen molar-refractivity contribution >= 4 is 23.4 Å². The number of hydrazine groups is 1. The number of hydrogen-bond donors (Lipinski definition) is 3. The van der Waals surface area contributed by atoms with Gasteiger partial charge in [-0.3, -0.25) is 25.2 Å². The van der Waals surface area contributed by atoms with Crippen molar-refractivity contribution < 1.29 is 14.4 Å². The molecule has 0 bridgehead atoms. The van der Waals surface area contributed by atoms with Crippen LogP contribution in [0.15, 0.2) is 48.5 Å². The van der Waals surface area contributed by atoms with Crippen LogP contribution in [-0.4, -0.2) is 31.8 Å². The lowest BCUT2D eigenvalue weighted by Gasteiger charge is -2.13. The van der Waals surface area contributed by atoms with Crippen LogP contribution in [0.4, 0.5) is 5.69 Å². The van der Waals surface area contributed by atoms with Gasteiger partial charge in [0.1, 0.15) is 0 Å². The van der Waals surface area contributed by atoms with Crippen molar-refractivity contribution in [3.63, 3.8) is 0 Å². The predicted octanol–water partition coefficient (Wildman–Crippen LogP) is 1.46. The van der Waals surface area contributed by atoms with E-state index in [2.05, 4.69) is 16.2 Å². The van der Waals surface area contributed by atoms with E-state index in [1.165, 1.54) is 6.92 Å². The van der Waals surface area contributed by atoms with Gasteiger partial charge in [0.05, 0.1) is 0 Å². The molecule has 3 amide bonds. The monoisotopic (exact) mass is 354 g/mol. The lowest BCUT2D eigenvalue weighted by molar-refractivity contribution is -0.119. The number of hydrogen-bond acceptors (Lipinski definition) is 4. The number of rotatable bonds is 5. The zero-order valence-corrected chi connectivity index (χ0v) is 15.0. The third-order valence-corrected chi connectivity index (χ3v) is 3.67. The molecule has 0 unspecified atom stereocenters. The molecule has 7 nitrogen and oxygen atoms in total. The van der Waals surface area contributed by atoms with Gasteiger partial charge in [0, 0.05) is 44.4 Å². The minimum Gasteiger partial charge on any atom is -0.378 e. The molecule has 0 spiro atoms. The maximum atomic E-state index is 12.2. The maximum Gasteiger partial charge on any atom is 0.269 e. The highest BCUT2D eigenvalue weighted by Crippen LogP contribution is 2.13. The molecule has 0 radical (unpaired) electrons. The number of carbonyl (C=O) groups excluding carboxylic acids is 3. The Morgan fingerprint density at radius 3 is 2.08 bits per heavy atom. The van der Waals surface area contributed by atoms with Gasteiger partial charge in [0.25, 0.3) is 11.8 Å². The third kappa shape index (κ3) is 5.34. The lowest BCUT2D eigenvalue weighted by atomic mass is 10.1. The molecule has 0 heterocycles. The summed E-state index contributed by atoms with van der Waals surface area (Å²) >= 11 is 0. The highest BCUT2D eigenvalue weighted by atomic mass is 16.2. The molecule has 0 aliphatic carbocycles. The standard InChI is InChI=1S/C19H22N4O3/c1-13(24)20-12-14-7-9-15(10-8-14)18(25)21-22-19(26)16-5-4-6-17(11-16)23(2)3/h4-11H,12H2,1-3H3,(H,20,24)(H,21,25)(H,22,26). The van der Waals surface area contributed by atoms with Crippen molar-refractivity contribution in [2.45, 2.75) is 13.5 Å². The number of amides is 3. The van der Waals surface area contributed by atoms with E-state index in [4.69, 9.17) is 0 Å². The molecule has 0 aliphatic heterocycles. The summed E-state index contributed by atoms with van der Waals surface area (Å²) < 4.78 is 0. The zero-order valence-electron chi connectivity index (χ0n) is 15.0. The predicted molar refractivity (Wildman–Crippen MR) is 99.7 cm³/mol. The minimum absolute atomic E-state index is 0.118. The number of carbonyl (C=O) groups is 3. The number of nitrogens with one attached hydrogen (secondary N) is 3. The van der Waals surface area contributed by atoms with E-state index in [1.807, 2.05) is 25.1 Å². The molecule has 26 heavy (non-hydrogen) atoms. The van der Waals surface area contributed by atoms with E-state index in [1.54, 1.807) is 42.5 Å². The van der Waals surface area contributed by atoms with E-state index in [0.717, 1.165) is 11.3 Å². The second-order valence-electron chi connectivity index (χ2n) is 5.96. The highest BCUT2D eigenvalue weighted by Gasteiger charge is 2.10. The molecular weight excluding hydrogens is 332 g/mol. The van der Waals surface area contributed by atoms with Gasteiger partial charge < -0.3 is 10.2 Å². The van der Waals surface area contributed by atoms with Crippen LogP contribution in [0.5, 0.6) is 0 Å². The van der Waals surface area contributed by atoms with Crippen LogP contribution in [0.25, 0.3) is 0 Å². The van der Waals surface area contributed by atoms with Crippen LogP contribution in [-0.2, 0) is 11.3 Å². The summed E-state index contributed by atoms with van der Waals surface area (Å²) in [5.41, 5.74) is 7.41. The number of anilines is 1. The Kier molecular flexibility index (Phi) is 6.32. The molecule has 0 saturated heterocycles. The van der Waals surface area contributed by atoms with Crippen molar-refractivity contribution in [2.24, 2.45) is 0 Å². The Morgan fingerprint density at radius 2 is 1.50 bits per heavy atom. The van der Waals surface area contributed by atoms with Crippen LogP contribution in [0.3, 0.4) is 0 Å². The van der Waals surface area contributed by atoms with E-state index in [0.29, 0.717) is 17.7 Å². The first kappa shape index (κ1) is 19.0. The summed E-state index contributed by atoms with van der Waals surface area (Å²) in [6.45, 7) is 1.84. The highest BCUT2D eigenvalue weighted by molar-refractivity contribution is 5.99. The smallest absolute Gasteiger partial charge is 0.269 e. The summed E-state index contributed by atoms with van der Waals surface area (Å²) in [6.07, 6.45) is 0. The van der Waals surface area contributed by atoms with Crippen molar-refractivity contribution in [2.75, 3.05) is 19.0 Å². The molecule has 2 aromatic rings. The molecule has 0 atom stereocenters. The minimum atomic E-state index is -0.423. The van der Waals surface area contributed by atoms with Crippen LogP contribution in [0.2, 0.25) is 0 Å². The van der Waals surface area contributed by atoms with E-state index < -0.39 is 11.8 Å². The molecule has 3 N–H and O–H groups in total. The molecule has 0 aliphatic rings. The zero-order chi connectivity index (χ0) is 19.1. The van der Waals surface area contributed by atoms with Gasteiger partial charge in [-0.1, -0.05) is 18.2 Å². The number of nitrogens with zero attached hydrogens (tertiary/aromatic N) is 1. The summed E-state index contributed by atoms with van der Waals surface area (Å²) in [4.78, 5) is 37.1. The third-order valence-electron chi connectivity index (χ3n) is 3.67. The summed E-state index contributed by atoms with van der Waals surface area (Å²) in [6, 6.07) is 13.8. The second kappa shape index (κ2) is 8.66. The summed E-state index contributed by atoms with van der Waals surface area (Å²) in [5, 5.41) is 2.68. The lowest BCUT2D eigenvalue weighted by Crippen LogP contribution is -2.41. The van der Waals surface area contributed by atoms with Gasteiger partial charge in [-0.2, -0.15) is 0 Å². The molecule has 2 aromatic carbocycles. The van der Waals surface area contributed by atoms with Crippen molar-refractivity contribution in [1.82, 2.24) is 16.2 Å². The van der Waals surface area contributed by atoms with Crippen LogP contribution >= 0.6 is 0 Å². The molecule has 0 fully saturated rings. The molecule has 7 heteroatoms. The van der Waals surface area contributed by atoms with Gasteiger partial charge in [0.2, 0.25) is 5.91 Å². The first-order valence-corrected chi connectivity index (χ1v) is 8.08. The fourth-order valence-corrected chi connectivity index (χ4v) is 2.18. The largest absolute Gasteiger partial charge is 0.378 e. The van der Waals surface area contributed by atoms with Crippen molar-refractivity contribution in [3.8, 4) is 0 Å². The fourth-order valence-electron chi connectivity index (χ4n) is 2.18. The molecule has 0 aromatic heterocycles. The summed E-state index contributed by atoms with van der Waals surface area (Å²) in [7, 11) is 3.77. The van der Waals surface area contributed by atoms with E-state index >= 15 is 0 Å². The Labute approximate surface area is 152 Å². The molecule has 136 valence electrons. The quantitative estimate of drug-likeness (QED) is 0.709. The van der Waals surface area contributed by atoms with E-state index in [-0.39, 0.29) is 5.91 Å². The fraction of sp³-hybridized carbons (Fsp3) is 0.211. The first-order valence-electron chi connectivity index (χ1n) is 8.08. The second-order valence-corrected chi connectivity index (χ2v) is 5.96. The maximum absolute atomic E-state index is 12.2. The first-order chi connectivity index (χ1) is 12.4. The van der Waals surface area contributed by atoms with Crippen molar-refractivity contribution in [1.29, 1.82) is 0 Å². The summed E-state index contributed by atoms with van der Waals surface area (Å²) in [5.74, 6) is -0.939. The van der Waals surface area contributed by atoms with Gasteiger partial charge in [-0.05, 0) is 35.9 Å².